The second-order valence-electron chi connectivity index (χ2n) is 4.51. The largest absolute Gasteiger partial charge is 0.504 e. The molecule has 1 aromatic rings. The summed E-state index contributed by atoms with van der Waals surface area (Å²) < 4.78 is 5.03. The highest BCUT2D eigenvalue weighted by Gasteiger charge is 2.16. The van der Waals surface area contributed by atoms with Crippen molar-refractivity contribution in [1.29, 1.82) is 0 Å². The molecule has 1 aliphatic rings. The summed E-state index contributed by atoms with van der Waals surface area (Å²) in [4.78, 5) is 0. The van der Waals surface area contributed by atoms with Crippen LogP contribution in [0.4, 0.5) is 0 Å². The minimum absolute atomic E-state index is 0.167. The Morgan fingerprint density at radius 3 is 2.76 bits per heavy atom. The van der Waals surface area contributed by atoms with Gasteiger partial charge in [0.15, 0.2) is 11.5 Å². The number of halogens is 1. The fourth-order valence-electron chi connectivity index (χ4n) is 2.30. The number of phenols is 1. The number of nitrogens with one attached hydrogen (secondary N) is 1. The van der Waals surface area contributed by atoms with Gasteiger partial charge in [0.2, 0.25) is 0 Å². The molecule has 2 rings (SSSR count). The first-order valence-corrected chi connectivity index (χ1v) is 6.34. The van der Waals surface area contributed by atoms with E-state index in [2.05, 4.69) is 5.32 Å². The van der Waals surface area contributed by atoms with E-state index < -0.39 is 0 Å². The summed E-state index contributed by atoms with van der Waals surface area (Å²) in [6.45, 7) is 2.15. The maximum atomic E-state index is 9.75. The Morgan fingerprint density at radius 1 is 1.41 bits per heavy atom. The number of phenolic OH excluding ortho intramolecular Hbond substituents is 1. The Morgan fingerprint density at radius 2 is 2.12 bits per heavy atom. The maximum absolute atomic E-state index is 9.75. The zero-order chi connectivity index (χ0) is 12.3. The Balaban J connectivity index is 2.12. The van der Waals surface area contributed by atoms with Crippen molar-refractivity contribution < 1.29 is 9.84 Å². The number of hydrogen-bond donors (Lipinski definition) is 2. The van der Waals surface area contributed by atoms with E-state index in [0.717, 1.165) is 25.1 Å². The molecular formula is C13H18ClNO2. The molecule has 4 heteroatoms. The average molecular weight is 256 g/mol. The second-order valence-corrected chi connectivity index (χ2v) is 4.92. The van der Waals surface area contributed by atoms with Gasteiger partial charge in [-0.15, -0.1) is 0 Å². The molecule has 0 aliphatic carbocycles. The zero-order valence-electron chi connectivity index (χ0n) is 10.0. The first kappa shape index (κ1) is 12.5. The molecule has 0 atom stereocenters. The van der Waals surface area contributed by atoms with Gasteiger partial charge in [-0.25, -0.2) is 0 Å². The Labute approximate surface area is 107 Å². The molecule has 0 unspecified atom stereocenters. The van der Waals surface area contributed by atoms with Gasteiger partial charge in [0.25, 0.3) is 0 Å². The summed E-state index contributed by atoms with van der Waals surface area (Å²) >= 11 is 6.19. The summed E-state index contributed by atoms with van der Waals surface area (Å²) in [5.41, 5.74) is 1.01. The van der Waals surface area contributed by atoms with Crippen molar-refractivity contribution in [2.75, 3.05) is 20.2 Å². The third kappa shape index (κ3) is 3.05. The van der Waals surface area contributed by atoms with Gasteiger partial charge in [-0.1, -0.05) is 11.6 Å². The Hall–Kier alpha value is -0.930. The van der Waals surface area contributed by atoms with E-state index in [4.69, 9.17) is 16.3 Å². The molecule has 1 aromatic carbocycles. The summed E-state index contributed by atoms with van der Waals surface area (Å²) in [6.07, 6.45) is 3.27. The molecular weight excluding hydrogens is 238 g/mol. The van der Waals surface area contributed by atoms with Gasteiger partial charge >= 0.3 is 0 Å². The molecule has 94 valence electrons. The van der Waals surface area contributed by atoms with Crippen LogP contribution < -0.4 is 10.1 Å². The van der Waals surface area contributed by atoms with E-state index in [1.165, 1.54) is 20.0 Å². The fraction of sp³-hybridized carbons (Fsp3) is 0.538. The van der Waals surface area contributed by atoms with Gasteiger partial charge in [0, 0.05) is 11.1 Å². The number of piperidine rings is 1. The van der Waals surface area contributed by atoms with Gasteiger partial charge < -0.3 is 15.2 Å². The standard InChI is InChI=1S/C13H18ClNO2/c1-17-13-8-11(14)10(7-12(13)16)6-9-2-4-15-5-3-9/h7-9,15-16H,2-6H2,1H3. The van der Waals surface area contributed by atoms with E-state index in [1.807, 2.05) is 0 Å². The van der Waals surface area contributed by atoms with Crippen LogP contribution in [-0.2, 0) is 6.42 Å². The molecule has 17 heavy (non-hydrogen) atoms. The van der Waals surface area contributed by atoms with Crippen LogP contribution in [0.3, 0.4) is 0 Å². The van der Waals surface area contributed by atoms with Crippen molar-refractivity contribution in [3.8, 4) is 11.5 Å². The van der Waals surface area contributed by atoms with Crippen molar-refractivity contribution in [3.05, 3.63) is 22.7 Å². The van der Waals surface area contributed by atoms with Crippen molar-refractivity contribution >= 4 is 11.6 Å². The molecule has 2 N–H and O–H groups in total. The van der Waals surface area contributed by atoms with Crippen LogP contribution in [0.15, 0.2) is 12.1 Å². The molecule has 0 aromatic heterocycles. The minimum Gasteiger partial charge on any atom is -0.504 e. The molecule has 1 fully saturated rings. The summed E-state index contributed by atoms with van der Waals surface area (Å²) in [6, 6.07) is 3.41. The normalized spacial score (nSPS) is 17.1. The van der Waals surface area contributed by atoms with Crippen LogP contribution in [0, 0.1) is 5.92 Å². The molecule has 0 saturated carbocycles. The number of methoxy groups -OCH3 is 1. The lowest BCUT2D eigenvalue weighted by molar-refractivity contribution is 0.365. The Kier molecular flexibility index (Phi) is 4.13. The minimum atomic E-state index is 0.167. The average Bonchev–Trinajstić information content (AvgIpc) is 2.34. The molecule has 0 bridgehead atoms. The molecule has 0 radical (unpaired) electrons. The summed E-state index contributed by atoms with van der Waals surface area (Å²) in [7, 11) is 1.53. The van der Waals surface area contributed by atoms with Gasteiger partial charge in [-0.2, -0.15) is 0 Å². The van der Waals surface area contributed by atoms with Crippen LogP contribution in [0.5, 0.6) is 11.5 Å². The van der Waals surface area contributed by atoms with Crippen molar-refractivity contribution in [1.82, 2.24) is 5.32 Å². The monoisotopic (exact) mass is 255 g/mol. The lowest BCUT2D eigenvalue weighted by atomic mass is 9.91. The maximum Gasteiger partial charge on any atom is 0.161 e. The second kappa shape index (κ2) is 5.61. The van der Waals surface area contributed by atoms with Gasteiger partial charge in [-0.3, -0.25) is 0 Å². The van der Waals surface area contributed by atoms with Crippen LogP contribution in [0.2, 0.25) is 5.02 Å². The first-order valence-electron chi connectivity index (χ1n) is 5.97. The molecule has 0 spiro atoms. The van der Waals surface area contributed by atoms with E-state index >= 15 is 0 Å². The highest BCUT2D eigenvalue weighted by Crippen LogP contribution is 2.34. The molecule has 3 nitrogen and oxygen atoms in total. The number of ether oxygens (including phenoxy) is 1. The zero-order valence-corrected chi connectivity index (χ0v) is 10.8. The van der Waals surface area contributed by atoms with E-state index in [1.54, 1.807) is 12.1 Å². The number of hydrogen-bond acceptors (Lipinski definition) is 3. The molecule has 1 saturated heterocycles. The number of aromatic hydroxyl groups is 1. The number of rotatable bonds is 3. The van der Waals surface area contributed by atoms with E-state index in [-0.39, 0.29) is 5.75 Å². The third-order valence-corrected chi connectivity index (χ3v) is 3.67. The first-order chi connectivity index (χ1) is 8.20. The topological polar surface area (TPSA) is 41.5 Å². The van der Waals surface area contributed by atoms with Gasteiger partial charge in [0.1, 0.15) is 0 Å². The van der Waals surface area contributed by atoms with Crippen LogP contribution >= 0.6 is 11.6 Å². The lowest BCUT2D eigenvalue weighted by Gasteiger charge is -2.23. The van der Waals surface area contributed by atoms with E-state index in [9.17, 15) is 5.11 Å². The fourth-order valence-corrected chi connectivity index (χ4v) is 2.53. The highest BCUT2D eigenvalue weighted by molar-refractivity contribution is 6.31. The molecule has 1 aliphatic heterocycles. The van der Waals surface area contributed by atoms with Crippen LogP contribution in [0.25, 0.3) is 0 Å². The molecule has 0 amide bonds. The predicted molar refractivity (Wildman–Crippen MR) is 69.0 cm³/mol. The van der Waals surface area contributed by atoms with Crippen LogP contribution in [0.1, 0.15) is 18.4 Å². The highest BCUT2D eigenvalue weighted by atomic mass is 35.5. The Bertz CT molecular complexity index is 389. The van der Waals surface area contributed by atoms with Crippen LogP contribution in [-0.4, -0.2) is 25.3 Å². The van der Waals surface area contributed by atoms with Gasteiger partial charge in [-0.05, 0) is 49.9 Å². The third-order valence-electron chi connectivity index (χ3n) is 3.32. The summed E-state index contributed by atoms with van der Waals surface area (Å²) in [5, 5.41) is 13.8. The smallest absolute Gasteiger partial charge is 0.161 e. The molecule has 1 heterocycles. The van der Waals surface area contributed by atoms with E-state index in [0.29, 0.717) is 16.7 Å². The summed E-state index contributed by atoms with van der Waals surface area (Å²) in [5.74, 6) is 1.26. The SMILES string of the molecule is COc1cc(Cl)c(CC2CCNCC2)cc1O. The quantitative estimate of drug-likeness (QED) is 0.872. The van der Waals surface area contributed by atoms with Gasteiger partial charge in [0.05, 0.1) is 7.11 Å². The van der Waals surface area contributed by atoms with Crippen molar-refractivity contribution in [2.45, 2.75) is 19.3 Å². The van der Waals surface area contributed by atoms with Crippen molar-refractivity contribution in [3.63, 3.8) is 0 Å². The lowest BCUT2D eigenvalue weighted by Crippen LogP contribution is -2.28. The predicted octanol–water partition coefficient (Wildman–Crippen LogP) is 2.60. The number of benzene rings is 1. The van der Waals surface area contributed by atoms with Crippen molar-refractivity contribution in [2.24, 2.45) is 5.92 Å².